The van der Waals surface area contributed by atoms with Crippen LogP contribution in [0, 0.1) is 0 Å². The predicted molar refractivity (Wildman–Crippen MR) is 112 cm³/mol. The first kappa shape index (κ1) is 19.1. The molecule has 9 heteroatoms. The van der Waals surface area contributed by atoms with Gasteiger partial charge in [-0.05, 0) is 41.6 Å². The van der Waals surface area contributed by atoms with Gasteiger partial charge in [0.1, 0.15) is 0 Å². The summed E-state index contributed by atoms with van der Waals surface area (Å²) in [6.45, 7) is 4.56. The topological polar surface area (TPSA) is 84.9 Å². The lowest BCUT2D eigenvalue weighted by atomic mass is 10.1. The van der Waals surface area contributed by atoms with Gasteiger partial charge in [0, 0.05) is 38.9 Å². The molecule has 2 aromatic rings. The zero-order chi connectivity index (χ0) is 20.5. The highest BCUT2D eigenvalue weighted by atomic mass is 32.2. The van der Waals surface area contributed by atoms with Crippen LogP contribution in [0.3, 0.4) is 0 Å². The molecule has 0 spiro atoms. The molecular weight excluding hydrogens is 404 g/mol. The van der Waals surface area contributed by atoms with E-state index in [1.807, 2.05) is 12.1 Å². The number of hydrogen-bond acceptors (Lipinski definition) is 9. The van der Waals surface area contributed by atoms with Crippen LogP contribution in [-0.2, 0) is 16.1 Å². The zero-order valence-corrected chi connectivity index (χ0v) is 17.1. The number of ketones is 1. The number of carbonyl (C=O) groups is 2. The minimum absolute atomic E-state index is 0.0280. The van der Waals surface area contributed by atoms with Crippen molar-refractivity contribution in [2.24, 2.45) is 0 Å². The molecule has 8 nitrogen and oxygen atoms in total. The second-order valence-electron chi connectivity index (χ2n) is 7.31. The molecular formula is C21H20N4O4S. The van der Waals surface area contributed by atoms with Gasteiger partial charge in [-0.1, -0.05) is 6.07 Å². The number of hydrogen-bond donors (Lipinski definition) is 0. The van der Waals surface area contributed by atoms with Crippen LogP contribution in [0.1, 0.15) is 17.7 Å². The second kappa shape index (κ2) is 8.08. The molecule has 0 N–H and O–H groups in total. The van der Waals surface area contributed by atoms with E-state index in [-0.39, 0.29) is 24.1 Å². The van der Waals surface area contributed by atoms with Gasteiger partial charge in [-0.15, -0.1) is 0 Å². The summed E-state index contributed by atoms with van der Waals surface area (Å²) < 4.78 is 10.8. The molecule has 0 bridgehead atoms. The number of nitrogens with zero attached hydrogens (tertiary/aromatic N) is 4. The Morgan fingerprint density at radius 2 is 1.90 bits per heavy atom. The van der Waals surface area contributed by atoms with Crippen LogP contribution in [0.5, 0.6) is 11.5 Å². The van der Waals surface area contributed by atoms with Gasteiger partial charge in [0.25, 0.3) is 0 Å². The minimum Gasteiger partial charge on any atom is -0.454 e. The fraction of sp³-hybridized carbons (Fsp3) is 0.333. The van der Waals surface area contributed by atoms with E-state index in [1.165, 1.54) is 5.56 Å². The summed E-state index contributed by atoms with van der Waals surface area (Å²) in [7, 11) is 0. The highest BCUT2D eigenvalue weighted by Gasteiger charge is 2.26. The Morgan fingerprint density at radius 1 is 1.07 bits per heavy atom. The molecule has 0 aliphatic carbocycles. The number of anilines is 1. The Kier molecular flexibility index (Phi) is 5.14. The molecule has 154 valence electrons. The van der Waals surface area contributed by atoms with Crippen LogP contribution < -0.4 is 14.4 Å². The molecule has 2 saturated heterocycles. The predicted octanol–water partition coefficient (Wildman–Crippen LogP) is 2.10. The molecule has 30 heavy (non-hydrogen) atoms. The van der Waals surface area contributed by atoms with Crippen molar-refractivity contribution in [3.05, 3.63) is 46.6 Å². The Balaban J connectivity index is 1.21. The fourth-order valence-electron chi connectivity index (χ4n) is 3.68. The number of carbonyl (C=O) groups excluding carboxylic acids is 2. The van der Waals surface area contributed by atoms with Crippen LogP contribution in [0.15, 0.2) is 35.4 Å². The number of ether oxygens (including phenoxy) is 2. The Hall–Kier alpha value is -2.91. The summed E-state index contributed by atoms with van der Waals surface area (Å²) >= 11 is 0.994. The van der Waals surface area contributed by atoms with Gasteiger partial charge in [-0.25, -0.2) is 9.97 Å². The van der Waals surface area contributed by atoms with Crippen LogP contribution in [0.25, 0.3) is 6.08 Å². The average Bonchev–Trinajstić information content (AvgIpc) is 3.34. The van der Waals surface area contributed by atoms with E-state index in [2.05, 4.69) is 25.8 Å². The van der Waals surface area contributed by atoms with E-state index in [0.29, 0.717) is 16.5 Å². The van der Waals surface area contributed by atoms with Crippen LogP contribution >= 0.6 is 11.8 Å². The van der Waals surface area contributed by atoms with E-state index < -0.39 is 0 Å². The molecule has 1 aromatic heterocycles. The molecule has 0 atom stereocenters. The van der Waals surface area contributed by atoms with Gasteiger partial charge in [0.2, 0.25) is 17.9 Å². The van der Waals surface area contributed by atoms with E-state index >= 15 is 0 Å². The van der Waals surface area contributed by atoms with E-state index in [0.717, 1.165) is 56.0 Å². The molecule has 5 rings (SSSR count). The first-order valence-electron chi connectivity index (χ1n) is 9.78. The summed E-state index contributed by atoms with van der Waals surface area (Å²) in [6.07, 6.45) is 3.35. The minimum atomic E-state index is -0.137. The summed E-state index contributed by atoms with van der Waals surface area (Å²) in [5, 5.41) is -0.112. The van der Waals surface area contributed by atoms with Crippen LogP contribution in [0.2, 0.25) is 0 Å². The molecule has 3 aliphatic rings. The van der Waals surface area contributed by atoms with Crippen LogP contribution in [-0.4, -0.2) is 58.7 Å². The van der Waals surface area contributed by atoms with E-state index in [4.69, 9.17) is 9.47 Å². The maximum absolute atomic E-state index is 11.8. The summed E-state index contributed by atoms with van der Waals surface area (Å²) in [4.78, 5) is 37.2. The molecule has 0 radical (unpaired) electrons. The second-order valence-corrected chi connectivity index (χ2v) is 8.41. The number of Topliss-reactive ketones (excluding diaryl/α,β-unsaturated/α-hetero) is 1. The fourth-order valence-corrected chi connectivity index (χ4v) is 4.49. The van der Waals surface area contributed by atoms with Crippen molar-refractivity contribution in [2.75, 3.05) is 37.9 Å². The number of benzene rings is 1. The smallest absolute Gasteiger partial charge is 0.231 e. The van der Waals surface area contributed by atoms with Crippen molar-refractivity contribution in [1.29, 1.82) is 0 Å². The largest absolute Gasteiger partial charge is 0.454 e. The lowest BCUT2D eigenvalue weighted by Gasteiger charge is -2.34. The normalized spacial score (nSPS) is 20.4. The molecule has 4 heterocycles. The number of piperazine rings is 1. The molecule has 0 amide bonds. The van der Waals surface area contributed by atoms with Crippen molar-refractivity contribution in [2.45, 2.75) is 13.0 Å². The lowest BCUT2D eigenvalue weighted by molar-refractivity contribution is -0.119. The maximum Gasteiger partial charge on any atom is 0.231 e. The number of allylic oxidation sites excluding steroid dienone is 1. The number of rotatable bonds is 4. The van der Waals surface area contributed by atoms with Crippen molar-refractivity contribution in [1.82, 2.24) is 14.9 Å². The number of thioether (sulfide) groups is 1. The zero-order valence-electron chi connectivity index (χ0n) is 16.2. The van der Waals surface area contributed by atoms with Gasteiger partial charge in [0.05, 0.1) is 17.0 Å². The highest BCUT2D eigenvalue weighted by molar-refractivity contribution is 8.18. The third-order valence-corrected chi connectivity index (χ3v) is 6.18. The van der Waals surface area contributed by atoms with Gasteiger partial charge >= 0.3 is 0 Å². The first-order chi connectivity index (χ1) is 14.6. The standard InChI is InChI=1S/C21H20N4O4S/c26-16-11-20(27)30-19(16)10-15-3-4-22-21(23-15)25-7-5-24(6-8-25)12-14-1-2-17-18(9-14)29-13-28-17/h1-4,9-10H,5-8,11-13H2. The van der Waals surface area contributed by atoms with Crippen LogP contribution in [0.4, 0.5) is 5.95 Å². The average molecular weight is 424 g/mol. The molecule has 2 fully saturated rings. The van der Waals surface area contributed by atoms with Gasteiger partial charge in [0.15, 0.2) is 17.3 Å². The maximum atomic E-state index is 11.8. The van der Waals surface area contributed by atoms with Gasteiger partial charge in [-0.3, -0.25) is 14.5 Å². The Bertz CT molecular complexity index is 1030. The third kappa shape index (κ3) is 4.03. The summed E-state index contributed by atoms with van der Waals surface area (Å²) in [5.74, 6) is 2.12. The van der Waals surface area contributed by atoms with E-state index in [9.17, 15) is 9.59 Å². The van der Waals surface area contributed by atoms with Gasteiger partial charge < -0.3 is 14.4 Å². The molecule has 3 aliphatic heterocycles. The third-order valence-electron chi connectivity index (χ3n) is 5.25. The quantitative estimate of drug-likeness (QED) is 0.541. The SMILES string of the molecule is O=C1CC(=O)C(=Cc2ccnc(N3CCN(Cc4ccc5c(c4)OCO5)CC3)n2)S1. The number of aromatic nitrogens is 2. The van der Waals surface area contributed by atoms with Crippen molar-refractivity contribution >= 4 is 34.7 Å². The van der Waals surface area contributed by atoms with Crippen molar-refractivity contribution < 1.29 is 19.1 Å². The van der Waals surface area contributed by atoms with Gasteiger partial charge in [-0.2, -0.15) is 0 Å². The lowest BCUT2D eigenvalue weighted by Crippen LogP contribution is -2.46. The highest BCUT2D eigenvalue weighted by Crippen LogP contribution is 2.33. The van der Waals surface area contributed by atoms with Crippen molar-refractivity contribution in [3.63, 3.8) is 0 Å². The Labute approximate surface area is 177 Å². The number of fused-ring (bicyclic) bond motifs is 1. The molecule has 1 aromatic carbocycles. The molecule has 0 saturated carbocycles. The first-order valence-corrected chi connectivity index (χ1v) is 10.6. The molecule has 0 unspecified atom stereocenters. The van der Waals surface area contributed by atoms with E-state index in [1.54, 1.807) is 18.3 Å². The van der Waals surface area contributed by atoms with Crippen molar-refractivity contribution in [3.8, 4) is 11.5 Å². The summed E-state index contributed by atoms with van der Waals surface area (Å²) in [6, 6.07) is 7.83. The summed E-state index contributed by atoms with van der Waals surface area (Å²) in [5.41, 5.74) is 1.85. The Morgan fingerprint density at radius 3 is 2.70 bits per heavy atom. The monoisotopic (exact) mass is 424 g/mol.